The number of aryl methyl sites for hydroxylation is 1. The first-order valence-corrected chi connectivity index (χ1v) is 6.07. The lowest BCUT2D eigenvalue weighted by Crippen LogP contribution is -2.11. The molecule has 0 saturated heterocycles. The molecule has 0 aliphatic carbocycles. The Labute approximate surface area is 103 Å². The predicted octanol–water partition coefficient (Wildman–Crippen LogP) is 2.77. The van der Waals surface area contributed by atoms with Crippen LogP contribution in [0.2, 0.25) is 0 Å². The van der Waals surface area contributed by atoms with Crippen molar-refractivity contribution in [2.45, 2.75) is 26.4 Å². The molecule has 0 fully saturated rings. The molecule has 2 rings (SSSR count). The Balaban J connectivity index is 2.27. The number of hydrogen-bond acceptors (Lipinski definition) is 1. The van der Waals surface area contributed by atoms with E-state index in [0.29, 0.717) is 0 Å². The van der Waals surface area contributed by atoms with Gasteiger partial charge in [-0.3, -0.25) is 0 Å². The molecule has 2 heteroatoms. The van der Waals surface area contributed by atoms with Gasteiger partial charge < -0.3 is 9.88 Å². The maximum Gasteiger partial charge on any atom is 0.0483 e. The molecule has 0 unspecified atom stereocenters. The first-order valence-electron chi connectivity index (χ1n) is 6.07. The van der Waals surface area contributed by atoms with E-state index in [2.05, 4.69) is 53.2 Å². The zero-order chi connectivity index (χ0) is 12.1. The number of nitrogens with zero attached hydrogens (tertiary/aromatic N) is 1. The second-order valence-corrected chi connectivity index (χ2v) is 4.14. The summed E-state index contributed by atoms with van der Waals surface area (Å²) >= 11 is 0. The summed E-state index contributed by atoms with van der Waals surface area (Å²) in [6, 6.07) is 8.74. The van der Waals surface area contributed by atoms with Gasteiger partial charge in [0.15, 0.2) is 0 Å². The summed E-state index contributed by atoms with van der Waals surface area (Å²) in [6.07, 6.45) is 8.20. The molecule has 1 heterocycles. The largest absolute Gasteiger partial charge is 0.347 e. The van der Waals surface area contributed by atoms with Gasteiger partial charge in [-0.2, -0.15) is 0 Å². The Bertz CT molecular complexity index is 531. The van der Waals surface area contributed by atoms with Gasteiger partial charge in [-0.15, -0.1) is 12.3 Å². The van der Waals surface area contributed by atoms with Crippen molar-refractivity contribution in [3.63, 3.8) is 0 Å². The van der Waals surface area contributed by atoms with Crippen molar-refractivity contribution in [1.29, 1.82) is 0 Å². The Kier molecular flexibility index (Phi) is 3.85. The quantitative estimate of drug-likeness (QED) is 0.776. The van der Waals surface area contributed by atoms with Crippen LogP contribution in [0, 0.1) is 12.3 Å². The van der Waals surface area contributed by atoms with Gasteiger partial charge in [0, 0.05) is 31.2 Å². The zero-order valence-electron chi connectivity index (χ0n) is 10.2. The van der Waals surface area contributed by atoms with E-state index in [-0.39, 0.29) is 0 Å². The number of hydrogen-bond donors (Lipinski definition) is 1. The summed E-state index contributed by atoms with van der Waals surface area (Å²) in [6.45, 7) is 4.93. The van der Waals surface area contributed by atoms with Crippen LogP contribution >= 0.6 is 0 Å². The van der Waals surface area contributed by atoms with Crippen LogP contribution < -0.4 is 5.32 Å². The summed E-state index contributed by atoms with van der Waals surface area (Å²) in [4.78, 5) is 0. The summed E-state index contributed by atoms with van der Waals surface area (Å²) < 4.78 is 2.23. The molecule has 88 valence electrons. The van der Waals surface area contributed by atoms with Crippen LogP contribution in [-0.2, 0) is 13.1 Å². The SMILES string of the molecule is C#CCCn1ccc2ccc(CNCC)cc21. The molecule has 1 aromatic heterocycles. The third-order valence-electron chi connectivity index (χ3n) is 2.91. The molecule has 0 bridgehead atoms. The molecule has 0 amide bonds. The zero-order valence-corrected chi connectivity index (χ0v) is 10.2. The van der Waals surface area contributed by atoms with Crippen molar-refractivity contribution >= 4 is 10.9 Å². The fourth-order valence-electron chi connectivity index (χ4n) is 1.99. The summed E-state index contributed by atoms with van der Waals surface area (Å²) in [5, 5.41) is 4.62. The lowest BCUT2D eigenvalue weighted by atomic mass is 10.1. The normalized spacial score (nSPS) is 10.6. The third kappa shape index (κ3) is 2.69. The van der Waals surface area contributed by atoms with E-state index in [0.717, 1.165) is 26.1 Å². The second-order valence-electron chi connectivity index (χ2n) is 4.14. The molecular formula is C15H18N2. The van der Waals surface area contributed by atoms with Crippen molar-refractivity contribution in [2.75, 3.05) is 6.54 Å². The van der Waals surface area contributed by atoms with Crippen LogP contribution in [0.15, 0.2) is 30.5 Å². The minimum absolute atomic E-state index is 0.779. The first kappa shape index (κ1) is 11.8. The standard InChI is InChI=1S/C15H18N2/c1-3-5-9-17-10-8-14-7-6-13(11-15(14)17)12-16-4-2/h1,6-8,10-11,16H,4-5,9,12H2,2H3. The molecular weight excluding hydrogens is 208 g/mol. The smallest absolute Gasteiger partial charge is 0.0483 e. The highest BCUT2D eigenvalue weighted by Gasteiger charge is 2.01. The molecule has 0 saturated carbocycles. The second kappa shape index (κ2) is 5.56. The van der Waals surface area contributed by atoms with E-state index in [1.54, 1.807) is 0 Å². The van der Waals surface area contributed by atoms with E-state index in [1.807, 2.05) is 0 Å². The van der Waals surface area contributed by atoms with Crippen LogP contribution in [0.4, 0.5) is 0 Å². The van der Waals surface area contributed by atoms with Crippen LogP contribution in [-0.4, -0.2) is 11.1 Å². The van der Waals surface area contributed by atoms with Crippen LogP contribution in [0.25, 0.3) is 10.9 Å². The molecule has 1 aromatic carbocycles. The number of benzene rings is 1. The predicted molar refractivity (Wildman–Crippen MR) is 72.8 cm³/mol. The molecule has 0 aliphatic heterocycles. The molecule has 2 aromatic rings. The molecule has 0 aliphatic rings. The topological polar surface area (TPSA) is 17.0 Å². The summed E-state index contributed by atoms with van der Waals surface area (Å²) in [7, 11) is 0. The summed E-state index contributed by atoms with van der Waals surface area (Å²) in [5.74, 6) is 2.69. The van der Waals surface area contributed by atoms with Crippen LogP contribution in [0.1, 0.15) is 18.9 Å². The van der Waals surface area contributed by atoms with E-state index < -0.39 is 0 Å². The van der Waals surface area contributed by atoms with Crippen molar-refractivity contribution < 1.29 is 0 Å². The Morgan fingerprint density at radius 2 is 2.24 bits per heavy atom. The number of aromatic nitrogens is 1. The van der Waals surface area contributed by atoms with Crippen LogP contribution in [0.3, 0.4) is 0 Å². The maximum atomic E-state index is 5.31. The van der Waals surface area contributed by atoms with Crippen molar-refractivity contribution in [2.24, 2.45) is 0 Å². The van der Waals surface area contributed by atoms with Gasteiger partial charge in [0.1, 0.15) is 0 Å². The molecule has 1 N–H and O–H groups in total. The monoisotopic (exact) mass is 226 g/mol. The molecule has 0 spiro atoms. The lowest BCUT2D eigenvalue weighted by Gasteiger charge is -2.06. The van der Waals surface area contributed by atoms with E-state index in [1.165, 1.54) is 16.5 Å². The number of rotatable bonds is 5. The van der Waals surface area contributed by atoms with E-state index >= 15 is 0 Å². The van der Waals surface area contributed by atoms with E-state index in [9.17, 15) is 0 Å². The van der Waals surface area contributed by atoms with Gasteiger partial charge in [-0.05, 0) is 29.6 Å². The van der Waals surface area contributed by atoms with Crippen molar-refractivity contribution in [1.82, 2.24) is 9.88 Å². The van der Waals surface area contributed by atoms with E-state index in [4.69, 9.17) is 6.42 Å². The molecule has 0 radical (unpaired) electrons. The number of nitrogens with one attached hydrogen (secondary N) is 1. The van der Waals surface area contributed by atoms with Gasteiger partial charge >= 0.3 is 0 Å². The fourth-order valence-corrected chi connectivity index (χ4v) is 1.99. The lowest BCUT2D eigenvalue weighted by molar-refractivity contribution is 0.724. The highest BCUT2D eigenvalue weighted by molar-refractivity contribution is 5.80. The van der Waals surface area contributed by atoms with Gasteiger partial charge in [0.25, 0.3) is 0 Å². The highest BCUT2D eigenvalue weighted by atomic mass is 14.9. The minimum Gasteiger partial charge on any atom is -0.347 e. The Hall–Kier alpha value is -1.72. The Morgan fingerprint density at radius 1 is 1.35 bits per heavy atom. The molecule has 17 heavy (non-hydrogen) atoms. The molecule has 0 atom stereocenters. The van der Waals surface area contributed by atoms with Gasteiger partial charge in [-0.1, -0.05) is 19.1 Å². The summed E-state index contributed by atoms with van der Waals surface area (Å²) in [5.41, 5.74) is 2.59. The van der Waals surface area contributed by atoms with Gasteiger partial charge in [-0.25, -0.2) is 0 Å². The average Bonchev–Trinajstić information content (AvgIpc) is 2.76. The van der Waals surface area contributed by atoms with Crippen LogP contribution in [0.5, 0.6) is 0 Å². The van der Waals surface area contributed by atoms with Crippen molar-refractivity contribution in [3.8, 4) is 12.3 Å². The number of terminal acetylenes is 1. The van der Waals surface area contributed by atoms with Gasteiger partial charge in [0.2, 0.25) is 0 Å². The fraction of sp³-hybridized carbons (Fsp3) is 0.333. The Morgan fingerprint density at radius 3 is 3.00 bits per heavy atom. The third-order valence-corrected chi connectivity index (χ3v) is 2.91. The minimum atomic E-state index is 0.779. The number of fused-ring (bicyclic) bond motifs is 1. The first-order chi connectivity index (χ1) is 8.35. The van der Waals surface area contributed by atoms with Gasteiger partial charge in [0.05, 0.1) is 0 Å². The average molecular weight is 226 g/mol. The molecule has 2 nitrogen and oxygen atoms in total. The maximum absolute atomic E-state index is 5.31. The van der Waals surface area contributed by atoms with Crippen molar-refractivity contribution in [3.05, 3.63) is 36.0 Å². The highest BCUT2D eigenvalue weighted by Crippen LogP contribution is 2.18.